The molecule has 3 aliphatic carbocycles. The Morgan fingerprint density at radius 2 is 1.56 bits per heavy atom. The minimum atomic E-state index is -1.20. The zero-order valence-electron chi connectivity index (χ0n) is 19.7. The summed E-state index contributed by atoms with van der Waals surface area (Å²) in [4.78, 5) is 15.4. The van der Waals surface area contributed by atoms with E-state index in [1.807, 2.05) is 0 Å². The van der Waals surface area contributed by atoms with Crippen LogP contribution in [-0.4, -0.2) is 53.8 Å². The van der Waals surface area contributed by atoms with Gasteiger partial charge >= 0.3 is 7.12 Å². The zero-order chi connectivity index (χ0) is 22.7. The molecule has 4 aliphatic rings. The molecule has 182 valence electrons. The number of hydrogen-bond acceptors (Lipinski definition) is 4. The summed E-state index contributed by atoms with van der Waals surface area (Å²) in [7, 11) is -1.20. The van der Waals surface area contributed by atoms with Crippen molar-refractivity contribution in [2.45, 2.75) is 95.5 Å². The van der Waals surface area contributed by atoms with Crippen LogP contribution in [0.4, 0.5) is 4.39 Å². The number of carbonyl (C=O) groups is 1. The fourth-order valence-corrected chi connectivity index (χ4v) is 7.61. The van der Waals surface area contributed by atoms with Gasteiger partial charge in [0.25, 0.3) is 0 Å². The molecule has 4 N–H and O–H groups in total. The monoisotopic (exact) mass is 450 g/mol. The average Bonchev–Trinajstić information content (AvgIpc) is 2.84. The minimum Gasteiger partial charge on any atom is -0.427 e. The fraction of sp³-hybridized carbons (Fsp3) is 0.960. The van der Waals surface area contributed by atoms with Crippen LogP contribution in [-0.2, 0) is 4.79 Å². The van der Waals surface area contributed by atoms with E-state index in [2.05, 4.69) is 4.90 Å². The van der Waals surface area contributed by atoms with Gasteiger partial charge in [-0.2, -0.15) is 0 Å². The van der Waals surface area contributed by atoms with E-state index in [1.54, 1.807) is 0 Å². The van der Waals surface area contributed by atoms with Crippen molar-refractivity contribution in [2.75, 3.05) is 19.6 Å². The summed E-state index contributed by atoms with van der Waals surface area (Å²) < 4.78 is 14.6. The van der Waals surface area contributed by atoms with Gasteiger partial charge in [-0.05, 0) is 93.3 Å². The second kappa shape index (κ2) is 11.2. The zero-order valence-corrected chi connectivity index (χ0v) is 19.7. The lowest BCUT2D eigenvalue weighted by Gasteiger charge is -2.43. The van der Waals surface area contributed by atoms with Gasteiger partial charge in [0, 0.05) is 19.0 Å². The number of alkyl halides is 1. The molecule has 0 bridgehead atoms. The maximum absolute atomic E-state index is 14.6. The first-order valence-electron chi connectivity index (χ1n) is 13.4. The van der Waals surface area contributed by atoms with E-state index in [-0.39, 0.29) is 17.7 Å². The summed E-state index contributed by atoms with van der Waals surface area (Å²) in [5, 5.41) is 19.3. The Kier molecular flexibility index (Phi) is 8.55. The van der Waals surface area contributed by atoms with Gasteiger partial charge in [-0.3, -0.25) is 4.79 Å². The molecule has 1 saturated heterocycles. The number of carbonyl (C=O) groups excluding carboxylic acids is 1. The van der Waals surface area contributed by atoms with Gasteiger partial charge in [0.2, 0.25) is 5.91 Å². The van der Waals surface area contributed by atoms with Crippen LogP contribution in [0.2, 0.25) is 5.82 Å². The summed E-state index contributed by atoms with van der Waals surface area (Å²) in [5.74, 6) is 2.51. The van der Waals surface area contributed by atoms with Crippen LogP contribution in [0.15, 0.2) is 0 Å². The summed E-state index contributed by atoms with van der Waals surface area (Å²) in [6.07, 6.45) is 11.9. The highest BCUT2D eigenvalue weighted by Crippen LogP contribution is 2.45. The van der Waals surface area contributed by atoms with Crippen molar-refractivity contribution >= 4 is 13.0 Å². The largest absolute Gasteiger partial charge is 0.454 e. The molecule has 7 unspecified atom stereocenters. The fourth-order valence-electron chi connectivity index (χ4n) is 7.61. The quantitative estimate of drug-likeness (QED) is 0.557. The molecule has 4 fully saturated rings. The first-order valence-corrected chi connectivity index (χ1v) is 13.4. The third kappa shape index (κ3) is 5.69. The van der Waals surface area contributed by atoms with Crippen molar-refractivity contribution in [3.63, 3.8) is 0 Å². The molecular formula is C25H44BFN2O3. The molecule has 0 aromatic rings. The predicted octanol–water partition coefficient (Wildman–Crippen LogP) is 3.78. The molecular weight excluding hydrogens is 406 g/mol. The molecule has 4 rings (SSSR count). The second-order valence-corrected chi connectivity index (χ2v) is 11.5. The Hall–Kier alpha value is -0.655. The maximum atomic E-state index is 14.6. The Labute approximate surface area is 193 Å². The maximum Gasteiger partial charge on any atom is 0.454 e. The lowest BCUT2D eigenvalue weighted by atomic mass is 9.59. The third-order valence-corrected chi connectivity index (χ3v) is 9.62. The van der Waals surface area contributed by atoms with Gasteiger partial charge in [-0.25, -0.2) is 4.39 Å². The van der Waals surface area contributed by atoms with Crippen LogP contribution in [0.5, 0.6) is 0 Å². The van der Waals surface area contributed by atoms with Crippen LogP contribution in [0.1, 0.15) is 83.5 Å². The molecule has 7 heteroatoms. The highest BCUT2D eigenvalue weighted by molar-refractivity contribution is 6.43. The van der Waals surface area contributed by atoms with E-state index < -0.39 is 13.3 Å². The summed E-state index contributed by atoms with van der Waals surface area (Å²) in [6, 6.07) is 0. The van der Waals surface area contributed by atoms with Gasteiger partial charge in [0.15, 0.2) is 0 Å². The van der Waals surface area contributed by atoms with Gasteiger partial charge in [-0.15, -0.1) is 0 Å². The number of nitrogens with zero attached hydrogens (tertiary/aromatic N) is 1. The molecule has 0 spiro atoms. The molecule has 3 saturated carbocycles. The van der Waals surface area contributed by atoms with E-state index >= 15 is 0 Å². The SMILES string of the molecule is NCC1CCC(F)C(C2CCN(C(=O)C3CCCC(C4CCCC(B(O)O)C4)C3)CC2)C1. The number of halogens is 1. The minimum absolute atomic E-state index is 0.00171. The van der Waals surface area contributed by atoms with Crippen LogP contribution < -0.4 is 5.73 Å². The number of amides is 1. The smallest absolute Gasteiger partial charge is 0.427 e. The molecule has 7 atom stereocenters. The van der Waals surface area contributed by atoms with Crippen molar-refractivity contribution in [2.24, 2.45) is 41.2 Å². The van der Waals surface area contributed by atoms with Gasteiger partial charge in [0.05, 0.1) is 0 Å². The Morgan fingerprint density at radius 1 is 0.875 bits per heavy atom. The normalized spacial score (nSPS) is 39.6. The van der Waals surface area contributed by atoms with Gasteiger partial charge in [0.1, 0.15) is 6.17 Å². The van der Waals surface area contributed by atoms with Crippen LogP contribution in [0.3, 0.4) is 0 Å². The molecule has 1 amide bonds. The van der Waals surface area contributed by atoms with Crippen LogP contribution in [0, 0.1) is 35.5 Å². The Bertz CT molecular complexity index is 616. The number of piperidine rings is 1. The average molecular weight is 450 g/mol. The second-order valence-electron chi connectivity index (χ2n) is 11.5. The van der Waals surface area contributed by atoms with Crippen molar-refractivity contribution in [3.05, 3.63) is 0 Å². The topological polar surface area (TPSA) is 86.8 Å². The van der Waals surface area contributed by atoms with Gasteiger partial charge < -0.3 is 20.7 Å². The van der Waals surface area contributed by atoms with E-state index in [4.69, 9.17) is 5.73 Å². The molecule has 1 aliphatic heterocycles. The number of hydrogen-bond donors (Lipinski definition) is 3. The van der Waals surface area contributed by atoms with E-state index in [9.17, 15) is 19.2 Å². The summed E-state index contributed by atoms with van der Waals surface area (Å²) in [5.41, 5.74) is 5.87. The third-order valence-electron chi connectivity index (χ3n) is 9.62. The predicted molar refractivity (Wildman–Crippen MR) is 125 cm³/mol. The standard InChI is InChI=1S/C25H44BFN2O3/c27-24-8-7-17(16-28)13-23(24)18-9-11-29(12-10-18)25(30)21-5-1-3-19(14-21)20-4-2-6-22(15-20)26(31)32/h17-24,31-32H,1-16,28H2. The van der Waals surface area contributed by atoms with Crippen LogP contribution >= 0.6 is 0 Å². The molecule has 0 aromatic heterocycles. The highest BCUT2D eigenvalue weighted by atomic mass is 19.1. The van der Waals surface area contributed by atoms with Crippen molar-refractivity contribution in [3.8, 4) is 0 Å². The molecule has 0 aromatic carbocycles. The number of nitrogens with two attached hydrogens (primary N) is 1. The lowest BCUT2D eigenvalue weighted by Crippen LogP contribution is -2.46. The van der Waals surface area contributed by atoms with E-state index in [0.29, 0.717) is 42.5 Å². The van der Waals surface area contributed by atoms with Crippen LogP contribution in [0.25, 0.3) is 0 Å². The molecule has 32 heavy (non-hydrogen) atoms. The summed E-state index contributed by atoms with van der Waals surface area (Å²) in [6.45, 7) is 2.23. The van der Waals surface area contributed by atoms with E-state index in [1.165, 1.54) is 6.42 Å². The number of rotatable bonds is 5. The van der Waals surface area contributed by atoms with Crippen molar-refractivity contribution < 1.29 is 19.2 Å². The van der Waals surface area contributed by atoms with Crippen molar-refractivity contribution in [1.82, 2.24) is 4.90 Å². The van der Waals surface area contributed by atoms with Crippen molar-refractivity contribution in [1.29, 1.82) is 0 Å². The first-order chi connectivity index (χ1) is 15.5. The number of likely N-dealkylation sites (tertiary alicyclic amines) is 1. The molecule has 5 nitrogen and oxygen atoms in total. The Balaban J connectivity index is 1.27. The Morgan fingerprint density at radius 3 is 2.25 bits per heavy atom. The molecule has 1 heterocycles. The summed E-state index contributed by atoms with van der Waals surface area (Å²) >= 11 is 0. The van der Waals surface area contributed by atoms with E-state index in [0.717, 1.165) is 83.7 Å². The van der Waals surface area contributed by atoms with Gasteiger partial charge in [-0.1, -0.05) is 32.1 Å². The first kappa shape index (κ1) is 24.5. The molecule has 0 radical (unpaired) electrons. The lowest BCUT2D eigenvalue weighted by molar-refractivity contribution is -0.139. The highest BCUT2D eigenvalue weighted by Gasteiger charge is 2.40.